The van der Waals surface area contributed by atoms with Crippen LogP contribution in [0.2, 0.25) is 0 Å². The molecule has 1 aliphatic heterocycles. The Kier molecular flexibility index (Phi) is 2.24. The number of hydrogen-bond acceptors (Lipinski definition) is 3. The van der Waals surface area contributed by atoms with Crippen molar-refractivity contribution in [2.24, 2.45) is 0 Å². The van der Waals surface area contributed by atoms with Crippen LogP contribution in [-0.4, -0.2) is 29.2 Å². The lowest BCUT2D eigenvalue weighted by atomic mass is 10.1. The number of rotatable bonds is 2. The molecular weight excluding hydrogens is 206 g/mol. The molecule has 15 heavy (non-hydrogen) atoms. The summed E-state index contributed by atoms with van der Waals surface area (Å²) in [6, 6.07) is 8.51. The fourth-order valence-electron chi connectivity index (χ4n) is 2.07. The van der Waals surface area contributed by atoms with Gasteiger partial charge in [0, 0.05) is 24.3 Å². The van der Waals surface area contributed by atoms with Gasteiger partial charge >= 0.3 is 0 Å². The van der Waals surface area contributed by atoms with Crippen LogP contribution in [0.4, 0.5) is 0 Å². The Bertz CT molecular complexity index is 473. The minimum absolute atomic E-state index is 0.102. The molecule has 1 saturated heterocycles. The first-order valence-corrected chi connectivity index (χ1v) is 6.06. The predicted octanol–water partition coefficient (Wildman–Crippen LogP) is 2.08. The molecule has 0 saturated carbocycles. The first kappa shape index (κ1) is 9.33. The summed E-state index contributed by atoms with van der Waals surface area (Å²) in [5.74, 6) is 0. The Morgan fingerprint density at radius 2 is 2.13 bits per heavy atom. The Morgan fingerprint density at radius 1 is 1.33 bits per heavy atom. The minimum Gasteiger partial charge on any atom is -0.390 e. The third-order valence-corrected chi connectivity index (χ3v) is 3.91. The Balaban J connectivity index is 1.85. The fraction of sp³-hybridized carbons (Fsp3) is 0.333. The lowest BCUT2D eigenvalue weighted by molar-refractivity contribution is -0.00257. The molecule has 3 rings (SSSR count). The van der Waals surface area contributed by atoms with E-state index in [0.29, 0.717) is 0 Å². The van der Waals surface area contributed by atoms with Crippen LogP contribution in [0.15, 0.2) is 29.6 Å². The first-order valence-electron chi connectivity index (χ1n) is 5.18. The number of thiophene rings is 1. The van der Waals surface area contributed by atoms with Gasteiger partial charge < -0.3 is 5.11 Å². The zero-order chi connectivity index (χ0) is 10.3. The molecule has 2 heterocycles. The van der Waals surface area contributed by atoms with Gasteiger partial charge in [0.1, 0.15) is 0 Å². The summed E-state index contributed by atoms with van der Waals surface area (Å²) in [5.41, 5.74) is 1.39. The van der Waals surface area contributed by atoms with E-state index in [2.05, 4.69) is 34.5 Å². The second-order valence-corrected chi connectivity index (χ2v) is 5.02. The lowest BCUT2D eigenvalue weighted by Gasteiger charge is -2.35. The summed E-state index contributed by atoms with van der Waals surface area (Å²) in [6.45, 7) is 2.62. The summed E-state index contributed by atoms with van der Waals surface area (Å²) in [7, 11) is 0. The second-order valence-electron chi connectivity index (χ2n) is 4.11. The molecule has 0 spiro atoms. The quantitative estimate of drug-likeness (QED) is 0.836. The molecule has 0 amide bonds. The van der Waals surface area contributed by atoms with Gasteiger partial charge in [0.05, 0.1) is 6.10 Å². The number of β-amino-alcohol motifs (C(OH)–C–C–N with tert-alkyl or cyclic N) is 1. The van der Waals surface area contributed by atoms with E-state index in [1.54, 1.807) is 11.3 Å². The molecule has 78 valence electrons. The van der Waals surface area contributed by atoms with E-state index in [1.807, 2.05) is 0 Å². The molecule has 1 aromatic heterocycles. The molecule has 1 N–H and O–H groups in total. The largest absolute Gasteiger partial charge is 0.390 e. The smallest absolute Gasteiger partial charge is 0.0794 e. The maximum absolute atomic E-state index is 9.22. The Morgan fingerprint density at radius 3 is 2.93 bits per heavy atom. The van der Waals surface area contributed by atoms with Crippen molar-refractivity contribution in [3.63, 3.8) is 0 Å². The van der Waals surface area contributed by atoms with E-state index in [0.717, 1.165) is 19.6 Å². The molecule has 0 atom stereocenters. The van der Waals surface area contributed by atoms with Crippen molar-refractivity contribution in [2.75, 3.05) is 13.1 Å². The van der Waals surface area contributed by atoms with Crippen LogP contribution in [0.1, 0.15) is 5.56 Å². The maximum atomic E-state index is 9.22. The standard InChI is InChI=1S/C12H13NOS/c14-10-6-13(7-10)5-9-8-15-12-4-2-1-3-11(9)12/h1-4,8,10,14H,5-7H2. The summed E-state index contributed by atoms with van der Waals surface area (Å²) >= 11 is 1.80. The van der Waals surface area contributed by atoms with Crippen LogP contribution in [-0.2, 0) is 6.54 Å². The highest BCUT2D eigenvalue weighted by Crippen LogP contribution is 2.27. The molecule has 2 nitrogen and oxygen atoms in total. The molecule has 3 heteroatoms. The van der Waals surface area contributed by atoms with Gasteiger partial charge in [0.2, 0.25) is 0 Å². The molecule has 0 radical (unpaired) electrons. The van der Waals surface area contributed by atoms with Gasteiger partial charge in [0.25, 0.3) is 0 Å². The number of aliphatic hydroxyl groups excluding tert-OH is 1. The van der Waals surface area contributed by atoms with E-state index in [-0.39, 0.29) is 6.10 Å². The second kappa shape index (κ2) is 3.59. The third-order valence-electron chi connectivity index (χ3n) is 2.89. The van der Waals surface area contributed by atoms with E-state index >= 15 is 0 Å². The highest BCUT2D eigenvalue weighted by molar-refractivity contribution is 7.17. The fourth-order valence-corrected chi connectivity index (χ4v) is 3.02. The number of hydrogen-bond donors (Lipinski definition) is 1. The van der Waals surface area contributed by atoms with Crippen LogP contribution in [0.25, 0.3) is 10.1 Å². The Labute approximate surface area is 92.8 Å². The zero-order valence-corrected chi connectivity index (χ0v) is 9.20. The van der Waals surface area contributed by atoms with Gasteiger partial charge in [-0.25, -0.2) is 0 Å². The monoisotopic (exact) mass is 219 g/mol. The third kappa shape index (κ3) is 1.67. The molecule has 1 aromatic carbocycles. The number of fused-ring (bicyclic) bond motifs is 1. The SMILES string of the molecule is OC1CN(Cc2csc3ccccc23)C1. The van der Waals surface area contributed by atoms with Gasteiger partial charge in [-0.15, -0.1) is 11.3 Å². The van der Waals surface area contributed by atoms with Gasteiger partial charge in [-0.2, -0.15) is 0 Å². The van der Waals surface area contributed by atoms with Crippen molar-refractivity contribution in [1.82, 2.24) is 4.90 Å². The van der Waals surface area contributed by atoms with Crippen molar-refractivity contribution < 1.29 is 5.11 Å². The number of aliphatic hydroxyl groups is 1. The van der Waals surface area contributed by atoms with Crippen LogP contribution >= 0.6 is 11.3 Å². The lowest BCUT2D eigenvalue weighted by Crippen LogP contribution is -2.49. The zero-order valence-electron chi connectivity index (χ0n) is 8.39. The van der Waals surface area contributed by atoms with Gasteiger partial charge in [0.15, 0.2) is 0 Å². The van der Waals surface area contributed by atoms with Crippen molar-refractivity contribution in [1.29, 1.82) is 0 Å². The van der Waals surface area contributed by atoms with Crippen LogP contribution < -0.4 is 0 Å². The number of nitrogens with zero attached hydrogens (tertiary/aromatic N) is 1. The summed E-state index contributed by atoms with van der Waals surface area (Å²) < 4.78 is 1.36. The van der Waals surface area contributed by atoms with Gasteiger partial charge in [-0.3, -0.25) is 4.90 Å². The van der Waals surface area contributed by atoms with E-state index < -0.39 is 0 Å². The topological polar surface area (TPSA) is 23.5 Å². The highest BCUT2D eigenvalue weighted by atomic mass is 32.1. The predicted molar refractivity (Wildman–Crippen MR) is 63.1 cm³/mol. The van der Waals surface area contributed by atoms with E-state index in [9.17, 15) is 5.11 Å². The van der Waals surface area contributed by atoms with Crippen LogP contribution in [0.5, 0.6) is 0 Å². The first-order chi connectivity index (χ1) is 7.33. The minimum atomic E-state index is -0.102. The van der Waals surface area contributed by atoms with Gasteiger partial charge in [-0.1, -0.05) is 18.2 Å². The number of likely N-dealkylation sites (tertiary alicyclic amines) is 1. The average molecular weight is 219 g/mol. The summed E-state index contributed by atoms with van der Waals surface area (Å²) in [5, 5.41) is 12.8. The van der Waals surface area contributed by atoms with Crippen molar-refractivity contribution in [3.05, 3.63) is 35.2 Å². The van der Waals surface area contributed by atoms with Crippen molar-refractivity contribution >= 4 is 21.4 Å². The van der Waals surface area contributed by atoms with Crippen molar-refractivity contribution in [3.8, 4) is 0 Å². The summed E-state index contributed by atoms with van der Waals surface area (Å²) in [6.07, 6.45) is -0.102. The molecule has 0 aliphatic carbocycles. The van der Waals surface area contributed by atoms with Crippen LogP contribution in [0, 0.1) is 0 Å². The van der Waals surface area contributed by atoms with E-state index in [1.165, 1.54) is 15.6 Å². The molecule has 2 aromatic rings. The van der Waals surface area contributed by atoms with Crippen LogP contribution in [0.3, 0.4) is 0 Å². The summed E-state index contributed by atoms with van der Waals surface area (Å²) in [4.78, 5) is 2.28. The molecule has 1 fully saturated rings. The number of benzene rings is 1. The van der Waals surface area contributed by atoms with Gasteiger partial charge in [-0.05, 0) is 22.4 Å². The Hall–Kier alpha value is -0.900. The van der Waals surface area contributed by atoms with E-state index in [4.69, 9.17) is 0 Å². The molecule has 1 aliphatic rings. The molecular formula is C12H13NOS. The van der Waals surface area contributed by atoms with Crippen molar-refractivity contribution in [2.45, 2.75) is 12.6 Å². The molecule has 0 bridgehead atoms. The molecule has 0 unspecified atom stereocenters. The normalized spacial score (nSPS) is 18.2. The highest BCUT2D eigenvalue weighted by Gasteiger charge is 2.24. The maximum Gasteiger partial charge on any atom is 0.0794 e. The average Bonchev–Trinajstić information content (AvgIpc) is 2.60.